The van der Waals surface area contributed by atoms with E-state index in [1.165, 1.54) is 0 Å². The summed E-state index contributed by atoms with van der Waals surface area (Å²) in [6.07, 6.45) is 6.13. The molecule has 1 aliphatic heterocycles. The molecule has 3 fully saturated rings. The van der Waals surface area contributed by atoms with E-state index >= 15 is 0 Å². The molecule has 2 aromatic heterocycles. The Balaban J connectivity index is 1.32. The summed E-state index contributed by atoms with van der Waals surface area (Å²) in [6, 6.07) is 11.4. The van der Waals surface area contributed by atoms with Crippen molar-refractivity contribution in [3.8, 4) is 5.75 Å². The number of rotatable bonds is 4. The van der Waals surface area contributed by atoms with Crippen LogP contribution in [0.1, 0.15) is 24.8 Å². The predicted molar refractivity (Wildman–Crippen MR) is 115 cm³/mol. The van der Waals surface area contributed by atoms with Crippen LogP contribution >= 0.6 is 0 Å². The SMILES string of the molecule is C=S(=O)(NC12CC(C3=CB(O)Oc4cnc5[nH]ccc5c43)(C1)C2)c1ccccc1. The van der Waals surface area contributed by atoms with Crippen molar-refractivity contribution in [2.45, 2.75) is 29.7 Å². The second-order valence-corrected chi connectivity index (χ2v) is 10.5. The van der Waals surface area contributed by atoms with Crippen LogP contribution in [0.5, 0.6) is 5.75 Å². The Morgan fingerprint density at radius 1 is 1.24 bits per heavy atom. The van der Waals surface area contributed by atoms with Crippen LogP contribution < -0.4 is 9.38 Å². The summed E-state index contributed by atoms with van der Waals surface area (Å²) in [5.41, 5.74) is 2.72. The summed E-state index contributed by atoms with van der Waals surface area (Å²) in [7, 11) is -3.53. The van der Waals surface area contributed by atoms with Gasteiger partial charge in [0, 0.05) is 33.0 Å². The van der Waals surface area contributed by atoms with Crippen LogP contribution in [0.15, 0.2) is 59.7 Å². The molecule has 6 nitrogen and oxygen atoms in total. The van der Waals surface area contributed by atoms with Gasteiger partial charge in [0.2, 0.25) is 0 Å². The van der Waals surface area contributed by atoms with Gasteiger partial charge < -0.3 is 14.7 Å². The summed E-state index contributed by atoms with van der Waals surface area (Å²) >= 11 is 0. The molecule has 1 aromatic carbocycles. The van der Waals surface area contributed by atoms with Gasteiger partial charge in [-0.3, -0.25) is 0 Å². The van der Waals surface area contributed by atoms with Crippen molar-refractivity contribution < 1.29 is 13.9 Å². The normalized spacial score (nSPS) is 29.1. The van der Waals surface area contributed by atoms with Crippen molar-refractivity contribution in [1.29, 1.82) is 0 Å². The highest BCUT2D eigenvalue weighted by molar-refractivity contribution is 7.98. The van der Waals surface area contributed by atoms with Crippen LogP contribution in [0.3, 0.4) is 0 Å². The molecule has 2 bridgehead atoms. The highest BCUT2D eigenvalue weighted by atomic mass is 32.2. The first-order chi connectivity index (χ1) is 13.9. The second kappa shape index (κ2) is 5.53. The summed E-state index contributed by atoms with van der Waals surface area (Å²) < 4.78 is 22.2. The number of H-pyrrole nitrogens is 1. The Hall–Kier alpha value is -2.55. The molecule has 0 saturated heterocycles. The van der Waals surface area contributed by atoms with Gasteiger partial charge in [0.25, 0.3) is 0 Å². The maximum Gasteiger partial charge on any atom is 0.552 e. The van der Waals surface area contributed by atoms with E-state index in [2.05, 4.69) is 20.6 Å². The zero-order valence-electron chi connectivity index (χ0n) is 15.7. The van der Waals surface area contributed by atoms with E-state index in [9.17, 15) is 9.23 Å². The van der Waals surface area contributed by atoms with Crippen LogP contribution in [0.4, 0.5) is 0 Å². The van der Waals surface area contributed by atoms with Gasteiger partial charge in [-0.1, -0.05) is 18.2 Å². The Morgan fingerprint density at radius 3 is 2.76 bits per heavy atom. The van der Waals surface area contributed by atoms with Crippen molar-refractivity contribution >= 4 is 39.3 Å². The molecular weight excluding hydrogens is 385 g/mol. The standard InChI is InChI=1S/C21H20BN3O3S/c1-29(27,14-5-3-2-4-6-14)25-21-11-20(12-21,13-21)16-9-22(26)28-17-10-24-19-15(18(16)17)7-8-23-19/h2-10,26H,1,11-13H2,(H,23,24)(H,25,27). The molecule has 4 aliphatic rings. The van der Waals surface area contributed by atoms with Crippen LogP contribution in [0.25, 0.3) is 16.6 Å². The van der Waals surface area contributed by atoms with Gasteiger partial charge in [-0.25, -0.2) is 13.9 Å². The molecule has 0 radical (unpaired) electrons. The van der Waals surface area contributed by atoms with Crippen molar-refractivity contribution in [2.75, 3.05) is 0 Å². The maximum absolute atomic E-state index is 13.2. The summed E-state index contributed by atoms with van der Waals surface area (Å²) in [5.74, 6) is 6.41. The number of aromatic nitrogens is 2. The minimum atomic E-state index is -2.55. The Morgan fingerprint density at radius 2 is 2.00 bits per heavy atom. The Labute approximate surface area is 169 Å². The van der Waals surface area contributed by atoms with E-state index in [0.717, 1.165) is 46.3 Å². The van der Waals surface area contributed by atoms with E-state index in [0.29, 0.717) is 5.75 Å². The number of hydrogen-bond donors (Lipinski definition) is 3. The first kappa shape index (κ1) is 17.3. The lowest BCUT2D eigenvalue weighted by molar-refractivity contribution is -0.0918. The van der Waals surface area contributed by atoms with E-state index < -0.39 is 16.8 Å². The molecule has 1 atom stereocenters. The Bertz CT molecular complexity index is 1260. The van der Waals surface area contributed by atoms with Gasteiger partial charge >= 0.3 is 7.12 Å². The fourth-order valence-corrected chi connectivity index (χ4v) is 7.05. The van der Waals surface area contributed by atoms with Crippen molar-refractivity contribution in [1.82, 2.24) is 14.7 Å². The topological polar surface area (TPSA) is 87.2 Å². The van der Waals surface area contributed by atoms with E-state index in [1.807, 2.05) is 48.6 Å². The van der Waals surface area contributed by atoms with Crippen molar-refractivity contribution in [3.63, 3.8) is 0 Å². The molecule has 1 unspecified atom stereocenters. The zero-order valence-corrected chi connectivity index (χ0v) is 16.5. The lowest BCUT2D eigenvalue weighted by atomic mass is 9.36. The largest absolute Gasteiger partial charge is 0.552 e. The fraction of sp³-hybridized carbons (Fsp3) is 0.238. The smallest absolute Gasteiger partial charge is 0.531 e. The van der Waals surface area contributed by atoms with Crippen LogP contribution in [0, 0.1) is 5.41 Å². The third-order valence-corrected chi connectivity index (χ3v) is 8.28. The van der Waals surface area contributed by atoms with Crippen molar-refractivity contribution in [2.24, 2.45) is 5.41 Å². The Kier molecular flexibility index (Phi) is 3.31. The predicted octanol–water partition coefficient (Wildman–Crippen LogP) is 2.56. The molecule has 8 heteroatoms. The highest BCUT2D eigenvalue weighted by Crippen LogP contribution is 2.73. The molecule has 0 spiro atoms. The van der Waals surface area contributed by atoms with Gasteiger partial charge in [-0.05, 0) is 54.9 Å². The third kappa shape index (κ3) is 2.40. The lowest BCUT2D eigenvalue weighted by Crippen LogP contribution is -2.74. The van der Waals surface area contributed by atoms with E-state index in [4.69, 9.17) is 4.65 Å². The minimum absolute atomic E-state index is 0.0374. The van der Waals surface area contributed by atoms with E-state index in [1.54, 1.807) is 6.20 Å². The highest BCUT2D eigenvalue weighted by Gasteiger charge is 2.70. The number of hydrogen-bond acceptors (Lipinski definition) is 4. The molecule has 3 heterocycles. The number of aromatic amines is 1. The molecule has 0 amide bonds. The monoisotopic (exact) mass is 405 g/mol. The molecule has 29 heavy (non-hydrogen) atoms. The number of allylic oxidation sites excluding steroid dienone is 1. The number of nitrogens with one attached hydrogen (secondary N) is 2. The molecule has 3 saturated carbocycles. The first-order valence-corrected chi connectivity index (χ1v) is 11.4. The third-order valence-electron chi connectivity index (χ3n) is 6.49. The zero-order chi connectivity index (χ0) is 19.9. The van der Waals surface area contributed by atoms with E-state index in [-0.39, 0.29) is 11.0 Å². The minimum Gasteiger partial charge on any atom is -0.531 e. The van der Waals surface area contributed by atoms with Crippen LogP contribution in [0.2, 0.25) is 0 Å². The van der Waals surface area contributed by atoms with Crippen LogP contribution in [-0.2, 0) is 9.71 Å². The average molecular weight is 405 g/mol. The first-order valence-electron chi connectivity index (χ1n) is 9.65. The molecule has 3 aromatic rings. The molecule has 3 N–H and O–H groups in total. The number of benzene rings is 1. The van der Waals surface area contributed by atoms with Gasteiger partial charge in [0.15, 0.2) is 0 Å². The number of nitrogens with zero attached hydrogens (tertiary/aromatic N) is 1. The summed E-state index contributed by atoms with van der Waals surface area (Å²) in [4.78, 5) is 8.25. The van der Waals surface area contributed by atoms with Gasteiger partial charge in [-0.2, -0.15) is 0 Å². The quantitative estimate of drug-likeness (QED) is 0.460. The lowest BCUT2D eigenvalue weighted by Gasteiger charge is -2.72. The number of pyridine rings is 1. The second-order valence-electron chi connectivity index (χ2n) is 8.51. The molecule has 7 rings (SSSR count). The summed E-state index contributed by atoms with van der Waals surface area (Å²) in [5, 5.41) is 11.2. The average Bonchev–Trinajstić information content (AvgIpc) is 3.12. The van der Waals surface area contributed by atoms with Crippen molar-refractivity contribution in [3.05, 3.63) is 60.3 Å². The van der Waals surface area contributed by atoms with Crippen LogP contribution in [-0.4, -0.2) is 37.7 Å². The molecule has 146 valence electrons. The summed E-state index contributed by atoms with van der Waals surface area (Å²) in [6.45, 7) is 0. The van der Waals surface area contributed by atoms with Gasteiger partial charge in [0.05, 0.1) is 15.9 Å². The van der Waals surface area contributed by atoms with Gasteiger partial charge in [-0.15, -0.1) is 0 Å². The number of fused-ring (bicyclic) bond motifs is 3. The molecular formula is C21H20BN3O3S. The fourth-order valence-electron chi connectivity index (χ4n) is 5.42. The maximum atomic E-state index is 13.2. The molecule has 3 aliphatic carbocycles. The van der Waals surface area contributed by atoms with Gasteiger partial charge in [0.1, 0.15) is 11.4 Å².